The van der Waals surface area contributed by atoms with E-state index in [1.165, 1.54) is 17.7 Å². The summed E-state index contributed by atoms with van der Waals surface area (Å²) >= 11 is 0. The van der Waals surface area contributed by atoms with Crippen LogP contribution in [0.25, 0.3) is 10.9 Å². The third-order valence-corrected chi connectivity index (χ3v) is 3.95. The maximum Gasteiger partial charge on any atom is 0.343 e. The Hall–Kier alpha value is -2.97. The Bertz CT molecular complexity index is 968. The Kier molecular flexibility index (Phi) is 4.62. The lowest BCUT2D eigenvalue weighted by atomic mass is 10.1. The molecule has 0 aliphatic carbocycles. The summed E-state index contributed by atoms with van der Waals surface area (Å²) in [5, 5.41) is -0.225. The van der Waals surface area contributed by atoms with Gasteiger partial charge in [-0.1, -0.05) is 0 Å². The van der Waals surface area contributed by atoms with Crippen molar-refractivity contribution in [1.82, 2.24) is 4.57 Å². The molecule has 26 heavy (non-hydrogen) atoms. The van der Waals surface area contributed by atoms with Crippen LogP contribution in [0, 0.1) is 11.6 Å². The van der Waals surface area contributed by atoms with Gasteiger partial charge in [-0.05, 0) is 13.0 Å². The third kappa shape index (κ3) is 2.89. The molecule has 0 radical (unpaired) electrons. The molecular formula is C17H15F2NO6. The van der Waals surface area contributed by atoms with Gasteiger partial charge in [0, 0.05) is 13.1 Å². The van der Waals surface area contributed by atoms with E-state index in [1.807, 2.05) is 0 Å². The molecule has 0 unspecified atom stereocenters. The van der Waals surface area contributed by atoms with E-state index in [0.717, 1.165) is 0 Å². The Morgan fingerprint density at radius 1 is 1.35 bits per heavy atom. The Morgan fingerprint density at radius 2 is 2.08 bits per heavy atom. The summed E-state index contributed by atoms with van der Waals surface area (Å²) in [6.45, 7) is 2.57. The van der Waals surface area contributed by atoms with Crippen LogP contribution in [0.15, 0.2) is 17.1 Å². The van der Waals surface area contributed by atoms with Gasteiger partial charge in [0.25, 0.3) is 0 Å². The minimum absolute atomic E-state index is 0.00893. The standard InChI is InChI=1S/C17H15F2NO6/c1-3-24-17(23)11-5-20-9(6-25-8(2)21)7-26-16-13(19)12(18)4-10(14(16)20)15(11)22/h4-5,9H,3,6-7H2,1-2H3/t9-/m1/s1. The van der Waals surface area contributed by atoms with E-state index in [4.69, 9.17) is 14.2 Å². The van der Waals surface area contributed by atoms with Crippen molar-refractivity contribution < 1.29 is 32.6 Å². The first-order chi connectivity index (χ1) is 12.3. The molecule has 9 heteroatoms. The van der Waals surface area contributed by atoms with Crippen molar-refractivity contribution in [3.8, 4) is 5.75 Å². The summed E-state index contributed by atoms with van der Waals surface area (Å²) in [5.41, 5.74) is -1.14. The molecule has 0 N–H and O–H groups in total. The molecule has 1 aromatic heterocycles. The predicted molar refractivity (Wildman–Crippen MR) is 85.2 cm³/mol. The highest BCUT2D eigenvalue weighted by Gasteiger charge is 2.30. The normalized spacial score (nSPS) is 15.5. The van der Waals surface area contributed by atoms with Crippen molar-refractivity contribution in [3.05, 3.63) is 39.7 Å². The van der Waals surface area contributed by atoms with Crippen molar-refractivity contribution >= 4 is 22.8 Å². The monoisotopic (exact) mass is 367 g/mol. The molecule has 138 valence electrons. The minimum atomic E-state index is -1.27. The quantitative estimate of drug-likeness (QED) is 0.768. The number of carbonyl (C=O) groups is 2. The van der Waals surface area contributed by atoms with Gasteiger partial charge in [-0.3, -0.25) is 9.59 Å². The summed E-state index contributed by atoms with van der Waals surface area (Å²) in [5.74, 6) is -4.35. The van der Waals surface area contributed by atoms with Gasteiger partial charge in [0.2, 0.25) is 11.2 Å². The zero-order chi connectivity index (χ0) is 19.0. The minimum Gasteiger partial charge on any atom is -0.486 e. The van der Waals surface area contributed by atoms with E-state index in [1.54, 1.807) is 6.92 Å². The maximum absolute atomic E-state index is 14.1. The first-order valence-electron chi connectivity index (χ1n) is 7.85. The topological polar surface area (TPSA) is 83.8 Å². The van der Waals surface area contributed by atoms with Crippen molar-refractivity contribution in [2.24, 2.45) is 0 Å². The zero-order valence-electron chi connectivity index (χ0n) is 14.0. The molecule has 1 aliphatic rings. The summed E-state index contributed by atoms with van der Waals surface area (Å²) in [7, 11) is 0. The van der Waals surface area contributed by atoms with Crippen molar-refractivity contribution in [2.75, 3.05) is 19.8 Å². The molecule has 2 heterocycles. The first-order valence-corrected chi connectivity index (χ1v) is 7.85. The van der Waals surface area contributed by atoms with Crippen LogP contribution in [-0.4, -0.2) is 36.3 Å². The van der Waals surface area contributed by atoms with Crippen LogP contribution in [0.3, 0.4) is 0 Å². The largest absolute Gasteiger partial charge is 0.486 e. The molecule has 0 bridgehead atoms. The van der Waals surface area contributed by atoms with E-state index in [9.17, 15) is 23.2 Å². The average molecular weight is 367 g/mol. The lowest BCUT2D eigenvalue weighted by Gasteiger charge is -2.29. The van der Waals surface area contributed by atoms with Gasteiger partial charge < -0.3 is 18.8 Å². The highest BCUT2D eigenvalue weighted by Crippen LogP contribution is 2.35. The number of rotatable bonds is 4. The van der Waals surface area contributed by atoms with E-state index >= 15 is 0 Å². The summed E-state index contributed by atoms with van der Waals surface area (Å²) in [4.78, 5) is 35.7. The van der Waals surface area contributed by atoms with Crippen LogP contribution in [0.1, 0.15) is 30.2 Å². The average Bonchev–Trinajstić information content (AvgIpc) is 2.60. The lowest BCUT2D eigenvalue weighted by molar-refractivity contribution is -0.142. The molecule has 0 fully saturated rings. The highest BCUT2D eigenvalue weighted by atomic mass is 19.2. The molecule has 0 amide bonds. The number of halogens is 2. The van der Waals surface area contributed by atoms with Gasteiger partial charge in [0.1, 0.15) is 24.8 Å². The number of benzene rings is 1. The maximum atomic E-state index is 14.1. The SMILES string of the molecule is CCOC(=O)c1cn2c3c(c(F)c(F)cc3c1=O)OC[C@H]2COC(C)=O. The molecule has 0 spiro atoms. The second-order valence-corrected chi connectivity index (χ2v) is 5.66. The van der Waals surface area contributed by atoms with Crippen LogP contribution >= 0.6 is 0 Å². The van der Waals surface area contributed by atoms with Gasteiger partial charge in [-0.15, -0.1) is 0 Å². The number of hydrogen-bond acceptors (Lipinski definition) is 6. The van der Waals surface area contributed by atoms with Gasteiger partial charge in [0.05, 0.1) is 17.5 Å². The number of aromatic nitrogens is 1. The van der Waals surface area contributed by atoms with E-state index < -0.39 is 40.8 Å². The molecule has 1 atom stereocenters. The smallest absolute Gasteiger partial charge is 0.343 e. The number of hydrogen-bond donors (Lipinski definition) is 0. The van der Waals surface area contributed by atoms with Gasteiger partial charge in [-0.25, -0.2) is 9.18 Å². The van der Waals surface area contributed by atoms with Crippen molar-refractivity contribution in [1.29, 1.82) is 0 Å². The molecule has 0 saturated carbocycles. The number of carbonyl (C=O) groups excluding carboxylic acids is 2. The Labute approximate surface area is 146 Å². The Morgan fingerprint density at radius 3 is 2.73 bits per heavy atom. The van der Waals surface area contributed by atoms with Gasteiger partial charge in [-0.2, -0.15) is 4.39 Å². The molecule has 1 aliphatic heterocycles. The van der Waals surface area contributed by atoms with Gasteiger partial charge in [0.15, 0.2) is 11.6 Å². The predicted octanol–water partition coefficient (Wildman–Crippen LogP) is 1.95. The fraction of sp³-hybridized carbons (Fsp3) is 0.353. The second-order valence-electron chi connectivity index (χ2n) is 5.66. The van der Waals surface area contributed by atoms with Crippen LogP contribution in [0.5, 0.6) is 5.75 Å². The number of esters is 2. The highest BCUT2D eigenvalue weighted by molar-refractivity contribution is 5.95. The summed E-state index contributed by atoms with van der Waals surface area (Å²) < 4.78 is 44.5. The molecule has 2 aromatic rings. The third-order valence-electron chi connectivity index (χ3n) is 3.95. The summed E-state index contributed by atoms with van der Waals surface area (Å²) in [6, 6.07) is 0.0837. The van der Waals surface area contributed by atoms with Crippen molar-refractivity contribution in [2.45, 2.75) is 19.9 Å². The molecule has 3 rings (SSSR count). The van der Waals surface area contributed by atoms with Crippen LogP contribution in [-0.2, 0) is 14.3 Å². The lowest BCUT2D eigenvalue weighted by Crippen LogP contribution is -2.31. The summed E-state index contributed by atoms with van der Waals surface area (Å²) in [6.07, 6.45) is 1.19. The van der Waals surface area contributed by atoms with Crippen LogP contribution < -0.4 is 10.2 Å². The fourth-order valence-corrected chi connectivity index (χ4v) is 2.81. The van der Waals surface area contributed by atoms with Crippen LogP contribution in [0.2, 0.25) is 0 Å². The first kappa shape index (κ1) is 17.8. The van der Waals surface area contributed by atoms with Gasteiger partial charge >= 0.3 is 11.9 Å². The zero-order valence-corrected chi connectivity index (χ0v) is 14.0. The Balaban J connectivity index is 2.28. The fourth-order valence-electron chi connectivity index (χ4n) is 2.81. The van der Waals surface area contributed by atoms with E-state index in [-0.39, 0.29) is 36.3 Å². The molecular weight excluding hydrogens is 352 g/mol. The van der Waals surface area contributed by atoms with Crippen molar-refractivity contribution in [3.63, 3.8) is 0 Å². The number of pyridine rings is 1. The van der Waals surface area contributed by atoms with E-state index in [2.05, 4.69) is 0 Å². The van der Waals surface area contributed by atoms with E-state index in [0.29, 0.717) is 6.07 Å². The second kappa shape index (κ2) is 6.74. The van der Waals surface area contributed by atoms with Crippen LogP contribution in [0.4, 0.5) is 8.78 Å². The molecule has 0 saturated heterocycles. The molecule has 1 aromatic carbocycles. The number of ether oxygens (including phenoxy) is 3. The number of nitrogens with zero attached hydrogens (tertiary/aromatic N) is 1. The molecule has 7 nitrogen and oxygen atoms in total.